The van der Waals surface area contributed by atoms with E-state index in [-0.39, 0.29) is 109 Å². The van der Waals surface area contributed by atoms with E-state index in [0.717, 1.165) is 15.4 Å². The summed E-state index contributed by atoms with van der Waals surface area (Å²) in [5.74, 6) is -9.58. The van der Waals surface area contributed by atoms with Crippen molar-refractivity contribution in [2.24, 2.45) is 23.7 Å². The molecule has 2 bridgehead atoms. The molecule has 0 spiro atoms. The molecule has 0 saturated carbocycles. The van der Waals surface area contributed by atoms with Gasteiger partial charge >= 0.3 is 23.9 Å². The van der Waals surface area contributed by atoms with Crippen LogP contribution in [-0.4, -0.2) is 205 Å². The van der Waals surface area contributed by atoms with Gasteiger partial charge in [-0.2, -0.15) is 0 Å². The largest absolute Gasteiger partial charge is 0.494 e. The van der Waals surface area contributed by atoms with Crippen molar-refractivity contribution in [1.29, 1.82) is 0 Å². The maximum atomic E-state index is 13.9. The quantitative estimate of drug-likeness (QED) is 0.0286. The standard InChI is InChI=1S/C40H61N7O15.In/c1-26(2)17-31-30(40(60)44-61)5-3-16-62-29-8-6-27(7-9-29)18-28(19-32(31)48)39(59)43-20-33(49)41-10-4-11-42-34(50)21-45(12-14-46(22-35(51)52)23-36(53)54)13-15-47(24-37(55)56)25-38(57)58;/h6-9,26,28,30-31,61H,3-5,10-25H2,1-2H3,(H,41,49)(H,42,50)(H,43,59)(H,44,60)(H,51,52)(H,53,54)(H,55,56)(H,57,58);/t28-,30+,31-;/m1./s1/i;1-4. The molecule has 3 atom stereocenters. The number of carboxylic acids is 4. The van der Waals surface area contributed by atoms with Crippen LogP contribution in [0.2, 0.25) is 0 Å². The molecule has 23 heteroatoms. The van der Waals surface area contributed by atoms with Crippen LogP contribution in [0.15, 0.2) is 24.3 Å². The fraction of sp³-hybridized carbons (Fsp3) is 0.625. The number of ether oxygens (including phenoxy) is 1. The summed E-state index contributed by atoms with van der Waals surface area (Å²) in [6.07, 6.45) is 1.27. The molecule has 3 rings (SSSR count). The van der Waals surface area contributed by atoms with E-state index in [0.29, 0.717) is 25.2 Å². The third kappa shape index (κ3) is 24.0. The third-order valence-corrected chi connectivity index (χ3v) is 9.91. The number of carboxylic acid groups (broad SMARTS) is 4. The van der Waals surface area contributed by atoms with Crippen molar-refractivity contribution in [3.8, 4) is 5.75 Å². The molecule has 4 amide bonds. The molecule has 2 heterocycles. The minimum atomic E-state index is -1.27. The number of benzene rings is 1. The Balaban J connectivity index is 0.0000198. The zero-order valence-electron chi connectivity index (χ0n) is 35.8. The van der Waals surface area contributed by atoms with Crippen molar-refractivity contribution in [2.45, 2.75) is 52.4 Å². The molecule has 2 aliphatic rings. The van der Waals surface area contributed by atoms with Crippen molar-refractivity contribution in [3.63, 3.8) is 0 Å². The molecular weight excluding hydrogens is 929 g/mol. The van der Waals surface area contributed by atoms with Gasteiger partial charge in [0.1, 0.15) is 11.5 Å². The minimum absolute atomic E-state index is 0. The van der Waals surface area contributed by atoms with Gasteiger partial charge < -0.3 is 41.1 Å². The van der Waals surface area contributed by atoms with Gasteiger partial charge in [0.2, 0.25) is 23.6 Å². The monoisotopic (exact) mass is 990 g/mol. The summed E-state index contributed by atoms with van der Waals surface area (Å²) >= 11 is 0. The van der Waals surface area contributed by atoms with Crippen LogP contribution < -0.4 is 26.2 Å². The SMILES string of the molecule is CC(C)C[C@H]1C(=O)C[C@H](C(=O)NCC(=O)NCCCNC(=O)CN(CCN(CC(=O)O)CC(=O)O)CCN(CC(=O)O)CC(=O)O)Cc2ccc(cc2)OCCC[C@@H]1C(=O)NO.[111In]. The normalized spacial score (nSPS) is 16.7. The maximum absolute atomic E-state index is 13.9. The van der Waals surface area contributed by atoms with Crippen molar-refractivity contribution in [2.75, 3.05) is 85.1 Å². The number of nitrogens with zero attached hydrogens (tertiary/aromatic N) is 3. The maximum Gasteiger partial charge on any atom is 0.317 e. The first-order valence-corrected chi connectivity index (χ1v) is 20.4. The molecule has 9 N–H and O–H groups in total. The molecule has 0 aliphatic carbocycles. The Hall–Kier alpha value is -4.84. The van der Waals surface area contributed by atoms with E-state index in [2.05, 4.69) is 16.0 Å². The van der Waals surface area contributed by atoms with E-state index in [9.17, 15) is 68.8 Å². The van der Waals surface area contributed by atoms with Crippen molar-refractivity contribution >= 4 is 79.1 Å². The Morgan fingerprint density at radius 2 is 1.21 bits per heavy atom. The average Bonchev–Trinajstić information content (AvgIpc) is 3.18. The fourth-order valence-electron chi connectivity index (χ4n) is 6.98. The molecule has 22 nitrogen and oxygen atoms in total. The van der Waals surface area contributed by atoms with E-state index < -0.39 is 98.0 Å². The zero-order valence-corrected chi connectivity index (χ0v) is 39.1. The van der Waals surface area contributed by atoms with Crippen LogP contribution in [0.1, 0.15) is 51.5 Å². The molecule has 0 saturated heterocycles. The molecule has 0 fully saturated rings. The molecule has 1 aromatic carbocycles. The van der Waals surface area contributed by atoms with Crippen LogP contribution in [-0.2, 0) is 49.6 Å². The predicted octanol–water partition coefficient (Wildman–Crippen LogP) is -1.64. The Labute approximate surface area is 384 Å². The van der Waals surface area contributed by atoms with E-state index in [1.54, 1.807) is 29.7 Å². The van der Waals surface area contributed by atoms with Crippen LogP contribution in [0.3, 0.4) is 0 Å². The Bertz CT molecular complexity index is 1610. The van der Waals surface area contributed by atoms with Gasteiger partial charge in [0.25, 0.3) is 0 Å². The summed E-state index contributed by atoms with van der Waals surface area (Å²) in [6.45, 7) is 1.03. The van der Waals surface area contributed by atoms with E-state index in [4.69, 9.17) is 4.74 Å². The number of hydroxylamine groups is 1. The van der Waals surface area contributed by atoms with Gasteiger partial charge in [-0.1, -0.05) is 26.0 Å². The number of carbonyl (C=O) groups is 9. The Morgan fingerprint density at radius 1 is 0.698 bits per heavy atom. The summed E-state index contributed by atoms with van der Waals surface area (Å²) in [6, 6.07) is 7.07. The second-order valence-corrected chi connectivity index (χ2v) is 15.6. The number of amides is 4. The summed E-state index contributed by atoms with van der Waals surface area (Å²) in [5, 5.41) is 54.1. The summed E-state index contributed by atoms with van der Waals surface area (Å²) < 4.78 is 5.80. The smallest absolute Gasteiger partial charge is 0.317 e. The van der Waals surface area contributed by atoms with Gasteiger partial charge in [-0.15, -0.1) is 0 Å². The van der Waals surface area contributed by atoms with Gasteiger partial charge in [0, 0.05) is 89.3 Å². The van der Waals surface area contributed by atoms with Gasteiger partial charge in [0.15, 0.2) is 0 Å². The van der Waals surface area contributed by atoms with Crippen LogP contribution in [0.5, 0.6) is 5.75 Å². The Kier molecular flexibility index (Phi) is 27.0. The molecule has 1 aromatic rings. The first-order chi connectivity index (χ1) is 29.4. The van der Waals surface area contributed by atoms with Crippen molar-refractivity contribution in [1.82, 2.24) is 36.1 Å². The molecule has 0 aromatic heterocycles. The first-order valence-electron chi connectivity index (χ1n) is 20.4. The van der Waals surface area contributed by atoms with Crippen molar-refractivity contribution < 1.29 is 73.5 Å². The van der Waals surface area contributed by atoms with Crippen molar-refractivity contribution in [3.05, 3.63) is 29.8 Å². The number of hydrogen-bond donors (Lipinski definition) is 9. The molecule has 3 radical (unpaired) electrons. The van der Waals surface area contributed by atoms with Gasteiger partial charge in [-0.05, 0) is 55.7 Å². The zero-order chi connectivity index (χ0) is 46.2. The van der Waals surface area contributed by atoms with Gasteiger partial charge in [-0.25, -0.2) is 5.48 Å². The summed E-state index contributed by atoms with van der Waals surface area (Å²) in [7, 11) is 0. The molecule has 349 valence electrons. The predicted molar refractivity (Wildman–Crippen MR) is 224 cm³/mol. The number of rotatable bonds is 26. The van der Waals surface area contributed by atoms with Crippen LogP contribution in [0.25, 0.3) is 0 Å². The van der Waals surface area contributed by atoms with E-state index >= 15 is 0 Å². The number of ketones is 1. The number of nitrogens with one attached hydrogen (secondary N) is 4. The number of fused-ring (bicyclic) bond motifs is 11. The van der Waals surface area contributed by atoms with Crippen LogP contribution in [0.4, 0.5) is 0 Å². The molecular formula is C40H61InN7O15. The second-order valence-electron chi connectivity index (χ2n) is 15.6. The number of aliphatic carboxylic acids is 4. The van der Waals surface area contributed by atoms with Crippen LogP contribution in [0, 0.1) is 23.7 Å². The molecule has 0 unspecified atom stereocenters. The van der Waals surface area contributed by atoms with Crippen LogP contribution >= 0.6 is 0 Å². The average molecular weight is 991 g/mol. The number of carbonyl (C=O) groups excluding carboxylic acids is 5. The Morgan fingerprint density at radius 3 is 1.70 bits per heavy atom. The summed E-state index contributed by atoms with van der Waals surface area (Å²) in [4.78, 5) is 115. The van der Waals surface area contributed by atoms with Gasteiger partial charge in [-0.3, -0.25) is 63.1 Å². The molecule has 63 heavy (non-hydrogen) atoms. The van der Waals surface area contributed by atoms with E-state index in [1.165, 1.54) is 4.90 Å². The topological polar surface area (TPSA) is 322 Å². The second kappa shape index (κ2) is 30.3. The van der Waals surface area contributed by atoms with Gasteiger partial charge in [0.05, 0.1) is 45.9 Å². The molecule has 2 aliphatic heterocycles. The number of Topliss-reactive ketones (excluding diaryl/α,β-unsaturated/α-hetero) is 1. The summed E-state index contributed by atoms with van der Waals surface area (Å²) in [5.41, 5.74) is 2.43. The van der Waals surface area contributed by atoms with E-state index in [1.807, 2.05) is 13.8 Å². The first kappa shape index (κ1) is 56.2. The number of hydrogen-bond acceptors (Lipinski definition) is 14. The third-order valence-electron chi connectivity index (χ3n) is 9.91. The minimum Gasteiger partial charge on any atom is -0.494 e. The fourth-order valence-corrected chi connectivity index (χ4v) is 6.98.